The molecule has 4 aromatic rings. The molecule has 0 unspecified atom stereocenters. The summed E-state index contributed by atoms with van der Waals surface area (Å²) >= 11 is 0. The molecule has 0 saturated heterocycles. The zero-order valence-corrected chi connectivity index (χ0v) is 20.3. The van der Waals surface area contributed by atoms with E-state index in [1.165, 1.54) is 24.3 Å². The molecule has 0 aliphatic carbocycles. The van der Waals surface area contributed by atoms with Gasteiger partial charge < -0.3 is 13.9 Å². The number of ether oxygens (including phenoxy) is 2. The molecule has 0 saturated carbocycles. The van der Waals surface area contributed by atoms with E-state index >= 15 is 0 Å². The number of alkyl halides is 3. The third-order valence-electron chi connectivity index (χ3n) is 5.54. The summed E-state index contributed by atoms with van der Waals surface area (Å²) in [5.74, 6) is -3.30. The van der Waals surface area contributed by atoms with E-state index in [-0.39, 0.29) is 22.8 Å². The molecule has 3 aromatic carbocycles. The zero-order chi connectivity index (χ0) is 26.7. The second-order valence-electron chi connectivity index (χ2n) is 8.70. The van der Waals surface area contributed by atoms with Crippen molar-refractivity contribution in [2.45, 2.75) is 32.9 Å². The molecule has 0 aliphatic rings. The number of rotatable bonds is 6. The Morgan fingerprint density at radius 1 is 1.00 bits per heavy atom. The molecule has 0 atom stereocenters. The number of benzene rings is 3. The van der Waals surface area contributed by atoms with Gasteiger partial charge in [-0.05, 0) is 48.2 Å². The van der Waals surface area contributed by atoms with E-state index in [4.69, 9.17) is 13.9 Å². The molecule has 4 rings (SSSR count). The Balaban J connectivity index is 1.68. The largest absolute Gasteiger partial charge is 0.453 e. The van der Waals surface area contributed by atoms with Crippen molar-refractivity contribution >= 4 is 23.0 Å². The first-order chi connectivity index (χ1) is 17.5. The predicted molar refractivity (Wildman–Crippen MR) is 134 cm³/mol. The number of fused-ring (bicyclic) bond motifs is 1. The second kappa shape index (κ2) is 10.3. The predicted octanol–water partition coefficient (Wildman–Crippen LogP) is 7.65. The van der Waals surface area contributed by atoms with Gasteiger partial charge in [-0.25, -0.2) is 4.79 Å². The minimum atomic E-state index is -5.01. The summed E-state index contributed by atoms with van der Waals surface area (Å²) in [6.45, 7) is 5.65. The lowest BCUT2D eigenvalue weighted by atomic mass is 10.0. The summed E-state index contributed by atoms with van der Waals surface area (Å²) in [7, 11) is 0. The summed E-state index contributed by atoms with van der Waals surface area (Å²) in [6.07, 6.45) is -2.28. The van der Waals surface area contributed by atoms with Crippen LogP contribution in [-0.2, 0) is 11.0 Å². The Hall–Kier alpha value is -4.33. The molecule has 37 heavy (non-hydrogen) atoms. The monoisotopic (exact) mass is 508 g/mol. The van der Waals surface area contributed by atoms with Gasteiger partial charge in [0.25, 0.3) is 5.76 Å². The normalized spacial score (nSPS) is 11.9. The first-order valence-corrected chi connectivity index (χ1v) is 11.4. The van der Waals surface area contributed by atoms with Gasteiger partial charge in [0, 0.05) is 12.1 Å². The van der Waals surface area contributed by atoms with Crippen LogP contribution in [0, 0.1) is 6.92 Å². The smallest absolute Gasteiger partial charge is 0.449 e. The number of hydrogen-bond donors (Lipinski definition) is 0. The lowest BCUT2D eigenvalue weighted by molar-refractivity contribution is -0.154. The lowest BCUT2D eigenvalue weighted by Gasteiger charge is -2.16. The molecule has 0 N–H and O–H groups in total. The zero-order valence-electron chi connectivity index (χ0n) is 20.3. The molecule has 190 valence electrons. The quantitative estimate of drug-likeness (QED) is 0.152. The van der Waals surface area contributed by atoms with Gasteiger partial charge >= 0.3 is 12.1 Å². The number of carbonyl (C=O) groups excluding carboxylic acids is 1. The Morgan fingerprint density at radius 2 is 1.70 bits per heavy atom. The summed E-state index contributed by atoms with van der Waals surface area (Å²) in [4.78, 5) is 25.3. The summed E-state index contributed by atoms with van der Waals surface area (Å²) in [6, 6.07) is 17.5. The highest BCUT2D eigenvalue weighted by Gasteiger charge is 2.40. The minimum absolute atomic E-state index is 0.0599. The highest BCUT2D eigenvalue weighted by molar-refractivity contribution is 5.89. The Kier molecular flexibility index (Phi) is 7.20. The van der Waals surface area contributed by atoms with E-state index < -0.39 is 34.7 Å². The fourth-order valence-electron chi connectivity index (χ4n) is 3.65. The molecule has 1 aromatic heterocycles. The summed E-state index contributed by atoms with van der Waals surface area (Å²) in [5.41, 5.74) is 1.08. The van der Waals surface area contributed by atoms with Crippen molar-refractivity contribution < 1.29 is 31.9 Å². The van der Waals surface area contributed by atoms with E-state index in [1.807, 2.05) is 45.0 Å². The lowest BCUT2D eigenvalue weighted by Crippen LogP contribution is -2.16. The van der Waals surface area contributed by atoms with E-state index in [9.17, 15) is 22.8 Å². The van der Waals surface area contributed by atoms with Gasteiger partial charge in [-0.1, -0.05) is 61.9 Å². The highest BCUT2D eigenvalue weighted by atomic mass is 19.4. The van der Waals surface area contributed by atoms with Crippen molar-refractivity contribution in [3.63, 3.8) is 0 Å². The number of halogens is 3. The standard InChI is InChI=1S/C29H23F3O5/c1-17(2)21-6-4-5-7-23(21)36-27-26(34)22-14-13-20(16-24(22)37-28(27)29(30,31)32)35-25(33)15-12-19-10-8-18(3)9-11-19/h4-17H,1-3H3/b15-12+. The molecule has 8 heteroatoms. The first kappa shape index (κ1) is 25.8. The van der Waals surface area contributed by atoms with Crippen LogP contribution in [0.5, 0.6) is 17.2 Å². The first-order valence-electron chi connectivity index (χ1n) is 11.4. The number of hydrogen-bond acceptors (Lipinski definition) is 5. The van der Waals surface area contributed by atoms with Gasteiger partial charge in [-0.2, -0.15) is 13.2 Å². The van der Waals surface area contributed by atoms with E-state index in [2.05, 4.69) is 0 Å². The van der Waals surface area contributed by atoms with Crippen LogP contribution in [0.15, 0.2) is 82.0 Å². The molecule has 0 aliphatic heterocycles. The van der Waals surface area contributed by atoms with Crippen LogP contribution in [0.4, 0.5) is 13.2 Å². The average molecular weight is 508 g/mol. The molecule has 0 spiro atoms. The Morgan fingerprint density at radius 3 is 2.38 bits per heavy atom. The molecule has 5 nitrogen and oxygen atoms in total. The van der Waals surface area contributed by atoms with Crippen LogP contribution in [0.1, 0.15) is 42.2 Å². The van der Waals surface area contributed by atoms with Crippen molar-refractivity contribution in [2.24, 2.45) is 0 Å². The number of aryl methyl sites for hydroxylation is 1. The Bertz CT molecular complexity index is 1530. The highest BCUT2D eigenvalue weighted by Crippen LogP contribution is 2.40. The van der Waals surface area contributed by atoms with Gasteiger partial charge in [0.15, 0.2) is 0 Å². The molecule has 0 amide bonds. The Labute approximate surface area is 210 Å². The fraction of sp³-hybridized carbons (Fsp3) is 0.172. The van der Waals surface area contributed by atoms with Crippen LogP contribution >= 0.6 is 0 Å². The third-order valence-corrected chi connectivity index (χ3v) is 5.54. The van der Waals surface area contributed by atoms with Gasteiger partial charge in [-0.15, -0.1) is 0 Å². The van der Waals surface area contributed by atoms with Crippen molar-refractivity contribution in [3.8, 4) is 17.2 Å². The van der Waals surface area contributed by atoms with Crippen molar-refractivity contribution in [1.29, 1.82) is 0 Å². The maximum Gasteiger partial charge on any atom is 0.453 e. The summed E-state index contributed by atoms with van der Waals surface area (Å²) < 4.78 is 57.6. The van der Waals surface area contributed by atoms with Crippen LogP contribution in [0.25, 0.3) is 17.0 Å². The maximum atomic E-state index is 13.9. The SMILES string of the molecule is Cc1ccc(/C=C/C(=O)Oc2ccc3c(=O)c(Oc4ccccc4C(C)C)c(C(F)(F)F)oc3c2)cc1. The molecule has 1 heterocycles. The minimum Gasteiger partial charge on any atom is -0.449 e. The van der Waals surface area contributed by atoms with Crippen molar-refractivity contribution in [1.82, 2.24) is 0 Å². The molecule has 0 bridgehead atoms. The number of para-hydroxylation sites is 1. The van der Waals surface area contributed by atoms with Gasteiger partial charge in [-0.3, -0.25) is 4.79 Å². The summed E-state index contributed by atoms with van der Waals surface area (Å²) in [5, 5.41) is -0.153. The van der Waals surface area contributed by atoms with Crippen LogP contribution in [0.3, 0.4) is 0 Å². The van der Waals surface area contributed by atoms with E-state index in [0.717, 1.165) is 17.2 Å². The molecule has 0 fully saturated rings. The van der Waals surface area contributed by atoms with E-state index in [0.29, 0.717) is 5.56 Å². The second-order valence-corrected chi connectivity index (χ2v) is 8.70. The van der Waals surface area contributed by atoms with Crippen molar-refractivity contribution in [2.75, 3.05) is 0 Å². The topological polar surface area (TPSA) is 65.7 Å². The number of carbonyl (C=O) groups is 1. The van der Waals surface area contributed by atoms with Crippen LogP contribution in [0.2, 0.25) is 0 Å². The van der Waals surface area contributed by atoms with Gasteiger partial charge in [0.2, 0.25) is 11.2 Å². The van der Waals surface area contributed by atoms with Crippen LogP contribution in [-0.4, -0.2) is 5.97 Å². The number of esters is 1. The van der Waals surface area contributed by atoms with Crippen molar-refractivity contribution in [3.05, 3.63) is 105 Å². The average Bonchev–Trinajstić information content (AvgIpc) is 2.84. The van der Waals surface area contributed by atoms with Gasteiger partial charge in [0.1, 0.15) is 17.1 Å². The molecular formula is C29H23F3O5. The maximum absolute atomic E-state index is 13.9. The third kappa shape index (κ3) is 5.91. The van der Waals surface area contributed by atoms with Gasteiger partial charge in [0.05, 0.1) is 5.39 Å². The molecular weight excluding hydrogens is 485 g/mol. The molecule has 0 radical (unpaired) electrons. The van der Waals surface area contributed by atoms with Crippen LogP contribution < -0.4 is 14.9 Å². The van der Waals surface area contributed by atoms with E-state index in [1.54, 1.807) is 24.3 Å². The fourth-order valence-corrected chi connectivity index (χ4v) is 3.65.